The molecule has 1 heterocycles. The van der Waals surface area contributed by atoms with Crippen molar-refractivity contribution >= 4 is 23.8 Å². The zero-order valence-corrected chi connectivity index (χ0v) is 12.3. The van der Waals surface area contributed by atoms with Gasteiger partial charge in [0, 0.05) is 22.7 Å². The molecule has 0 saturated carbocycles. The molecule has 0 aliphatic rings. The van der Waals surface area contributed by atoms with E-state index in [1.165, 1.54) is 6.07 Å². The lowest BCUT2D eigenvalue weighted by Crippen LogP contribution is -2.04. The summed E-state index contributed by atoms with van der Waals surface area (Å²) in [4.78, 5) is 7.41. The minimum Gasteiger partial charge on any atom is -0.347 e. The van der Waals surface area contributed by atoms with Gasteiger partial charge in [-0.2, -0.15) is 0 Å². The predicted octanol–water partition coefficient (Wildman–Crippen LogP) is 4.65. The lowest BCUT2D eigenvalue weighted by Gasteiger charge is -2.10. The van der Waals surface area contributed by atoms with Gasteiger partial charge in [-0.05, 0) is 24.1 Å². The average Bonchev–Trinajstić information content (AvgIpc) is 2.33. The minimum absolute atomic E-state index is 0.301. The van der Waals surface area contributed by atoms with E-state index in [0.29, 0.717) is 33.4 Å². The van der Waals surface area contributed by atoms with Crippen molar-refractivity contribution in [3.05, 3.63) is 56.8 Å². The molecule has 0 radical (unpaired) electrons. The number of nitrogens with zero attached hydrogens (tertiary/aromatic N) is 1. The van der Waals surface area contributed by atoms with E-state index in [2.05, 4.69) is 23.8 Å². The quantitative estimate of drug-likeness (QED) is 0.836. The molecule has 0 amide bonds. The first-order chi connectivity index (χ1) is 8.97. The number of nitrogens with one attached hydrogen (secondary N) is 1. The van der Waals surface area contributed by atoms with Crippen LogP contribution in [0.1, 0.15) is 36.8 Å². The van der Waals surface area contributed by atoms with E-state index in [0.717, 1.165) is 5.69 Å². The van der Waals surface area contributed by atoms with Crippen molar-refractivity contribution in [3.63, 3.8) is 0 Å². The average molecular weight is 297 g/mol. The van der Waals surface area contributed by atoms with Crippen LogP contribution < -0.4 is 0 Å². The van der Waals surface area contributed by atoms with E-state index in [1.807, 2.05) is 6.07 Å². The van der Waals surface area contributed by atoms with Crippen LogP contribution in [-0.2, 0) is 6.42 Å². The largest absolute Gasteiger partial charge is 0.347 e. The van der Waals surface area contributed by atoms with E-state index < -0.39 is 0 Å². The SMILES string of the molecule is CC(C)c1cc(=S)nc(Cc2c(F)cccc2Cl)[nH]1. The zero-order valence-electron chi connectivity index (χ0n) is 10.7. The third kappa shape index (κ3) is 3.39. The summed E-state index contributed by atoms with van der Waals surface area (Å²) in [6.45, 7) is 4.11. The molecule has 0 spiro atoms. The second-order valence-corrected chi connectivity index (χ2v) is 5.48. The van der Waals surface area contributed by atoms with Gasteiger partial charge in [-0.3, -0.25) is 0 Å². The summed E-state index contributed by atoms with van der Waals surface area (Å²) in [6, 6.07) is 6.47. The molecular formula is C14H14ClFN2S. The summed E-state index contributed by atoms with van der Waals surface area (Å²) in [5.41, 5.74) is 1.42. The Bertz CT molecular complexity index is 632. The molecule has 19 heavy (non-hydrogen) atoms. The fourth-order valence-corrected chi connectivity index (χ4v) is 2.26. The van der Waals surface area contributed by atoms with Crippen LogP contribution in [0.5, 0.6) is 0 Å². The van der Waals surface area contributed by atoms with Gasteiger partial charge in [0.15, 0.2) is 0 Å². The van der Waals surface area contributed by atoms with Gasteiger partial charge >= 0.3 is 0 Å². The van der Waals surface area contributed by atoms with Gasteiger partial charge in [0.2, 0.25) is 0 Å². The topological polar surface area (TPSA) is 28.7 Å². The van der Waals surface area contributed by atoms with Gasteiger partial charge < -0.3 is 4.98 Å². The van der Waals surface area contributed by atoms with Crippen molar-refractivity contribution in [2.24, 2.45) is 0 Å². The fourth-order valence-electron chi connectivity index (χ4n) is 1.79. The second-order valence-electron chi connectivity index (χ2n) is 4.65. The van der Waals surface area contributed by atoms with Crippen molar-refractivity contribution in [1.82, 2.24) is 9.97 Å². The van der Waals surface area contributed by atoms with Crippen LogP contribution in [0, 0.1) is 10.5 Å². The Morgan fingerprint density at radius 3 is 2.79 bits per heavy atom. The number of benzene rings is 1. The Morgan fingerprint density at radius 2 is 2.16 bits per heavy atom. The molecule has 2 nitrogen and oxygen atoms in total. The second kappa shape index (κ2) is 5.80. The van der Waals surface area contributed by atoms with Crippen LogP contribution >= 0.6 is 23.8 Å². The molecule has 1 aromatic heterocycles. The highest BCUT2D eigenvalue weighted by Crippen LogP contribution is 2.21. The predicted molar refractivity (Wildman–Crippen MR) is 77.7 cm³/mol. The maximum absolute atomic E-state index is 13.7. The van der Waals surface area contributed by atoms with Crippen molar-refractivity contribution in [1.29, 1.82) is 0 Å². The molecule has 0 aliphatic heterocycles. The Hall–Kier alpha value is -1.26. The van der Waals surface area contributed by atoms with Crippen LogP contribution in [0.4, 0.5) is 4.39 Å². The maximum atomic E-state index is 13.7. The molecule has 0 aliphatic carbocycles. The highest BCUT2D eigenvalue weighted by Gasteiger charge is 2.10. The van der Waals surface area contributed by atoms with Crippen LogP contribution in [0.15, 0.2) is 24.3 Å². The summed E-state index contributed by atoms with van der Waals surface area (Å²) < 4.78 is 14.2. The Morgan fingerprint density at radius 1 is 1.42 bits per heavy atom. The molecule has 100 valence electrons. The summed E-state index contributed by atoms with van der Waals surface area (Å²) in [7, 11) is 0. The van der Waals surface area contributed by atoms with E-state index >= 15 is 0 Å². The lowest BCUT2D eigenvalue weighted by molar-refractivity contribution is 0.611. The van der Waals surface area contributed by atoms with Crippen LogP contribution in [0.3, 0.4) is 0 Å². The van der Waals surface area contributed by atoms with Crippen molar-refractivity contribution in [2.45, 2.75) is 26.2 Å². The highest BCUT2D eigenvalue weighted by molar-refractivity contribution is 7.71. The van der Waals surface area contributed by atoms with Crippen LogP contribution in [0.25, 0.3) is 0 Å². The normalized spacial score (nSPS) is 11.0. The van der Waals surface area contributed by atoms with Crippen molar-refractivity contribution in [3.8, 4) is 0 Å². The first-order valence-corrected chi connectivity index (χ1v) is 6.79. The van der Waals surface area contributed by atoms with Gasteiger partial charge in [-0.15, -0.1) is 0 Å². The molecule has 0 bridgehead atoms. The first-order valence-electron chi connectivity index (χ1n) is 6.00. The number of rotatable bonds is 3. The van der Waals surface area contributed by atoms with E-state index in [9.17, 15) is 4.39 Å². The Labute approximate surface area is 121 Å². The van der Waals surface area contributed by atoms with Crippen LogP contribution in [-0.4, -0.2) is 9.97 Å². The third-order valence-electron chi connectivity index (χ3n) is 2.84. The van der Waals surface area contributed by atoms with E-state index in [-0.39, 0.29) is 5.82 Å². The summed E-state index contributed by atoms with van der Waals surface area (Å²) in [6.07, 6.45) is 0.301. The molecule has 5 heteroatoms. The summed E-state index contributed by atoms with van der Waals surface area (Å²) in [5, 5.41) is 0.399. The maximum Gasteiger partial charge on any atom is 0.130 e. The summed E-state index contributed by atoms with van der Waals surface area (Å²) >= 11 is 11.1. The van der Waals surface area contributed by atoms with Gasteiger partial charge in [-0.1, -0.05) is 43.7 Å². The first kappa shape index (κ1) is 14.2. The molecule has 0 atom stereocenters. The number of hydrogen-bond acceptors (Lipinski definition) is 2. The lowest BCUT2D eigenvalue weighted by atomic mass is 10.1. The minimum atomic E-state index is -0.330. The number of aromatic amines is 1. The van der Waals surface area contributed by atoms with Crippen molar-refractivity contribution < 1.29 is 4.39 Å². The number of aromatic nitrogens is 2. The van der Waals surface area contributed by atoms with Crippen molar-refractivity contribution in [2.75, 3.05) is 0 Å². The number of hydrogen-bond donors (Lipinski definition) is 1. The van der Waals surface area contributed by atoms with Gasteiger partial charge in [-0.25, -0.2) is 9.37 Å². The van der Waals surface area contributed by atoms with E-state index in [1.54, 1.807) is 12.1 Å². The van der Waals surface area contributed by atoms with Gasteiger partial charge in [0.1, 0.15) is 16.3 Å². The standard InChI is InChI=1S/C14H14ClFN2S/c1-8(2)12-7-14(19)18-13(17-12)6-9-10(15)4-3-5-11(9)16/h3-5,7-8H,6H2,1-2H3,(H,17,18,19). The molecular weight excluding hydrogens is 283 g/mol. The monoisotopic (exact) mass is 296 g/mol. The zero-order chi connectivity index (χ0) is 14.0. The Balaban J connectivity index is 2.41. The number of halogens is 2. The Kier molecular flexibility index (Phi) is 4.32. The molecule has 0 saturated heterocycles. The molecule has 0 fully saturated rings. The smallest absolute Gasteiger partial charge is 0.130 e. The fraction of sp³-hybridized carbons (Fsp3) is 0.286. The molecule has 2 rings (SSSR count). The summed E-state index contributed by atoms with van der Waals surface area (Å²) in [5.74, 6) is 0.603. The van der Waals surface area contributed by atoms with Crippen LogP contribution in [0.2, 0.25) is 5.02 Å². The van der Waals surface area contributed by atoms with Gasteiger partial charge in [0.25, 0.3) is 0 Å². The third-order valence-corrected chi connectivity index (χ3v) is 3.40. The van der Waals surface area contributed by atoms with E-state index in [4.69, 9.17) is 23.8 Å². The van der Waals surface area contributed by atoms with Gasteiger partial charge in [0.05, 0.1) is 0 Å². The molecule has 0 unspecified atom stereocenters. The molecule has 1 N–H and O–H groups in total. The highest BCUT2D eigenvalue weighted by atomic mass is 35.5. The molecule has 2 aromatic rings. The number of H-pyrrole nitrogens is 1. The molecule has 1 aromatic carbocycles.